The molecule has 0 aliphatic heterocycles. The molecular formula is C21H15N3O5. The molecule has 0 aliphatic carbocycles. The van der Waals surface area contributed by atoms with Gasteiger partial charge in [-0.15, -0.1) is 0 Å². The molecule has 1 heterocycles. The van der Waals surface area contributed by atoms with Crippen LogP contribution < -0.4 is 10.1 Å². The minimum Gasteiger partial charge on any atom is -0.495 e. The van der Waals surface area contributed by atoms with Crippen molar-refractivity contribution in [1.29, 1.82) is 5.26 Å². The number of nitrogens with zero attached hydrogens (tertiary/aromatic N) is 2. The van der Waals surface area contributed by atoms with Gasteiger partial charge in [0.2, 0.25) is 0 Å². The first-order chi connectivity index (χ1) is 14.0. The predicted octanol–water partition coefficient (Wildman–Crippen LogP) is 4.41. The van der Waals surface area contributed by atoms with E-state index in [-0.39, 0.29) is 11.3 Å². The smallest absolute Gasteiger partial charge is 0.269 e. The zero-order chi connectivity index (χ0) is 20.8. The van der Waals surface area contributed by atoms with Crippen LogP contribution in [0.3, 0.4) is 0 Å². The lowest BCUT2D eigenvalue weighted by Gasteiger charge is -2.08. The molecule has 0 radical (unpaired) electrons. The zero-order valence-corrected chi connectivity index (χ0v) is 15.3. The maximum atomic E-state index is 12.4. The van der Waals surface area contributed by atoms with E-state index in [1.165, 1.54) is 25.3 Å². The maximum absolute atomic E-state index is 12.4. The lowest BCUT2D eigenvalue weighted by Crippen LogP contribution is -2.14. The molecular weight excluding hydrogens is 374 g/mol. The number of benzene rings is 2. The molecule has 8 heteroatoms. The number of anilines is 1. The quantitative estimate of drug-likeness (QED) is 0.289. The van der Waals surface area contributed by atoms with Crippen LogP contribution >= 0.6 is 0 Å². The monoisotopic (exact) mass is 389 g/mol. The number of non-ortho nitro benzene ring substituents is 1. The zero-order valence-electron chi connectivity index (χ0n) is 15.3. The highest BCUT2D eigenvalue weighted by Crippen LogP contribution is 2.26. The third-order valence-electron chi connectivity index (χ3n) is 4.00. The number of methoxy groups -OCH3 is 1. The van der Waals surface area contributed by atoms with E-state index in [9.17, 15) is 20.2 Å². The molecule has 1 amide bonds. The third kappa shape index (κ3) is 4.48. The summed E-state index contributed by atoms with van der Waals surface area (Å²) in [5.41, 5.74) is 0.889. The van der Waals surface area contributed by atoms with Gasteiger partial charge in [0, 0.05) is 23.8 Å². The second kappa shape index (κ2) is 8.54. The van der Waals surface area contributed by atoms with E-state index in [0.717, 1.165) is 0 Å². The van der Waals surface area contributed by atoms with Crippen LogP contribution in [-0.2, 0) is 4.79 Å². The normalized spacial score (nSPS) is 10.8. The van der Waals surface area contributed by atoms with Gasteiger partial charge in [-0.3, -0.25) is 14.9 Å². The molecule has 0 bridgehead atoms. The Kier molecular flexibility index (Phi) is 5.71. The fraction of sp³-hybridized carbons (Fsp3) is 0.0476. The first-order valence-electron chi connectivity index (χ1n) is 8.42. The van der Waals surface area contributed by atoms with Crippen LogP contribution in [0.5, 0.6) is 5.75 Å². The van der Waals surface area contributed by atoms with Crippen molar-refractivity contribution in [3.8, 4) is 23.1 Å². The molecule has 0 spiro atoms. The van der Waals surface area contributed by atoms with Crippen molar-refractivity contribution in [2.75, 3.05) is 12.4 Å². The molecule has 0 fully saturated rings. The minimum atomic E-state index is -0.606. The molecule has 0 aliphatic rings. The minimum absolute atomic E-state index is 0.0276. The summed E-state index contributed by atoms with van der Waals surface area (Å²) < 4.78 is 10.8. The number of nitriles is 1. The first kappa shape index (κ1) is 19.4. The fourth-order valence-corrected chi connectivity index (χ4v) is 2.56. The largest absolute Gasteiger partial charge is 0.495 e. The number of carbonyl (C=O) groups excluding carboxylic acids is 1. The van der Waals surface area contributed by atoms with E-state index in [4.69, 9.17) is 9.15 Å². The van der Waals surface area contributed by atoms with Crippen molar-refractivity contribution in [3.63, 3.8) is 0 Å². The summed E-state index contributed by atoms with van der Waals surface area (Å²) in [4.78, 5) is 22.7. The number of amides is 1. The summed E-state index contributed by atoms with van der Waals surface area (Å²) in [6.45, 7) is 0. The molecule has 3 rings (SSSR count). The van der Waals surface area contributed by atoms with Crippen LogP contribution in [0.1, 0.15) is 5.76 Å². The molecule has 0 atom stereocenters. The Morgan fingerprint density at radius 2 is 1.90 bits per heavy atom. The highest BCUT2D eigenvalue weighted by atomic mass is 16.6. The topological polar surface area (TPSA) is 118 Å². The van der Waals surface area contributed by atoms with Gasteiger partial charge in [-0.1, -0.05) is 12.1 Å². The van der Waals surface area contributed by atoms with Gasteiger partial charge in [-0.2, -0.15) is 5.26 Å². The molecule has 2 aromatic carbocycles. The molecule has 29 heavy (non-hydrogen) atoms. The summed E-state index contributed by atoms with van der Waals surface area (Å²) in [7, 11) is 1.48. The van der Waals surface area contributed by atoms with Gasteiger partial charge in [-0.05, 0) is 36.4 Å². The number of nitrogens with one attached hydrogen (secondary N) is 1. The Balaban J connectivity index is 1.80. The van der Waals surface area contributed by atoms with Crippen LogP contribution in [0.25, 0.3) is 17.4 Å². The Hall–Kier alpha value is -4.38. The molecule has 144 valence electrons. The Labute approximate surface area is 165 Å². The number of nitro groups is 1. The predicted molar refractivity (Wildman–Crippen MR) is 106 cm³/mol. The van der Waals surface area contributed by atoms with Crippen molar-refractivity contribution in [2.24, 2.45) is 0 Å². The number of hydrogen-bond acceptors (Lipinski definition) is 6. The molecule has 0 saturated heterocycles. The Bertz CT molecular complexity index is 1120. The average molecular weight is 389 g/mol. The van der Waals surface area contributed by atoms with Crippen LogP contribution in [-0.4, -0.2) is 17.9 Å². The van der Waals surface area contributed by atoms with Gasteiger partial charge in [0.05, 0.1) is 17.7 Å². The average Bonchev–Trinajstić information content (AvgIpc) is 3.21. The van der Waals surface area contributed by atoms with Crippen molar-refractivity contribution in [2.45, 2.75) is 0 Å². The highest BCUT2D eigenvalue weighted by Gasteiger charge is 2.14. The molecule has 0 saturated carbocycles. The number of para-hydroxylation sites is 2. The molecule has 8 nitrogen and oxygen atoms in total. The molecule has 1 aromatic heterocycles. The van der Waals surface area contributed by atoms with Crippen molar-refractivity contribution in [1.82, 2.24) is 0 Å². The van der Waals surface area contributed by atoms with Gasteiger partial charge in [0.1, 0.15) is 28.9 Å². The second-order valence-electron chi connectivity index (χ2n) is 5.83. The van der Waals surface area contributed by atoms with Gasteiger partial charge in [0.15, 0.2) is 0 Å². The number of carbonyl (C=O) groups is 1. The molecule has 0 unspecified atom stereocenters. The van der Waals surface area contributed by atoms with Crippen molar-refractivity contribution in [3.05, 3.63) is 82.1 Å². The first-order valence-corrected chi connectivity index (χ1v) is 8.42. The van der Waals surface area contributed by atoms with E-state index < -0.39 is 10.8 Å². The number of nitro benzene ring substituents is 1. The van der Waals surface area contributed by atoms with Crippen molar-refractivity contribution >= 4 is 23.4 Å². The van der Waals surface area contributed by atoms with Crippen LogP contribution in [0, 0.1) is 21.4 Å². The van der Waals surface area contributed by atoms with E-state index in [1.807, 2.05) is 6.07 Å². The standard InChI is InChI=1S/C21H15N3O5/c1-28-20-5-3-2-4-18(20)23-21(25)15(13-22)12-17-10-11-19(29-17)14-6-8-16(9-7-14)24(26)27/h2-12H,1H3,(H,23,25)/b15-12+. The Morgan fingerprint density at radius 3 is 2.55 bits per heavy atom. The van der Waals surface area contributed by atoms with Crippen LogP contribution in [0.15, 0.2) is 70.7 Å². The summed E-state index contributed by atoms with van der Waals surface area (Å²) in [6, 6.07) is 17.8. The van der Waals surface area contributed by atoms with E-state index >= 15 is 0 Å². The lowest BCUT2D eigenvalue weighted by atomic mass is 10.1. The maximum Gasteiger partial charge on any atom is 0.269 e. The van der Waals surface area contributed by atoms with Crippen molar-refractivity contribution < 1.29 is 18.9 Å². The number of furan rings is 1. The van der Waals surface area contributed by atoms with Gasteiger partial charge < -0.3 is 14.5 Å². The van der Waals surface area contributed by atoms with Gasteiger partial charge in [-0.25, -0.2) is 0 Å². The number of ether oxygens (including phenoxy) is 1. The summed E-state index contributed by atoms with van der Waals surface area (Å²) >= 11 is 0. The highest BCUT2D eigenvalue weighted by molar-refractivity contribution is 6.10. The summed E-state index contributed by atoms with van der Waals surface area (Å²) in [6.07, 6.45) is 1.32. The third-order valence-corrected chi connectivity index (χ3v) is 4.00. The van der Waals surface area contributed by atoms with Gasteiger partial charge >= 0.3 is 0 Å². The summed E-state index contributed by atoms with van der Waals surface area (Å²) in [5, 5.41) is 22.7. The second-order valence-corrected chi connectivity index (χ2v) is 5.83. The fourth-order valence-electron chi connectivity index (χ4n) is 2.56. The van der Waals surface area contributed by atoms with E-state index in [0.29, 0.717) is 28.5 Å². The Morgan fingerprint density at radius 1 is 1.17 bits per heavy atom. The SMILES string of the molecule is COc1ccccc1NC(=O)/C(C#N)=C/c1ccc(-c2ccc([N+](=O)[O-])cc2)o1. The molecule has 3 aromatic rings. The van der Waals surface area contributed by atoms with Crippen LogP contribution in [0.4, 0.5) is 11.4 Å². The van der Waals surface area contributed by atoms with E-state index in [1.54, 1.807) is 48.5 Å². The number of rotatable bonds is 6. The summed E-state index contributed by atoms with van der Waals surface area (Å²) in [5.74, 6) is 0.612. The van der Waals surface area contributed by atoms with Crippen LogP contribution in [0.2, 0.25) is 0 Å². The van der Waals surface area contributed by atoms with Gasteiger partial charge in [0.25, 0.3) is 11.6 Å². The lowest BCUT2D eigenvalue weighted by molar-refractivity contribution is -0.384. The molecule has 1 N–H and O–H groups in total. The number of hydrogen-bond donors (Lipinski definition) is 1. The van der Waals surface area contributed by atoms with E-state index in [2.05, 4.69) is 5.32 Å².